The van der Waals surface area contributed by atoms with Gasteiger partial charge in [-0.1, -0.05) is 23.7 Å². The van der Waals surface area contributed by atoms with Gasteiger partial charge in [0, 0.05) is 35.2 Å². The molecule has 7 nitrogen and oxygen atoms in total. The number of anilines is 3. The Balaban J connectivity index is 0.000000354. The quantitative estimate of drug-likeness (QED) is 0.560. The fourth-order valence-electron chi connectivity index (χ4n) is 4.13. The van der Waals surface area contributed by atoms with E-state index in [0.717, 1.165) is 37.2 Å². The number of carbonyl (C=O) groups is 1. The van der Waals surface area contributed by atoms with Crippen LogP contribution in [0.25, 0.3) is 0 Å². The summed E-state index contributed by atoms with van der Waals surface area (Å²) in [7, 11) is 0. The minimum absolute atomic E-state index is 0.0359. The van der Waals surface area contributed by atoms with Crippen molar-refractivity contribution in [1.29, 1.82) is 0 Å². The Bertz CT molecular complexity index is 1110. The van der Waals surface area contributed by atoms with Gasteiger partial charge in [0.1, 0.15) is 6.04 Å². The summed E-state index contributed by atoms with van der Waals surface area (Å²) in [5, 5.41) is 3.17. The zero-order valence-corrected chi connectivity index (χ0v) is 19.5. The van der Waals surface area contributed by atoms with Gasteiger partial charge >= 0.3 is 0 Å². The molecule has 0 bridgehead atoms. The first-order valence-electron chi connectivity index (χ1n) is 10.2. The van der Waals surface area contributed by atoms with Crippen molar-refractivity contribution in [3.8, 4) is 0 Å². The van der Waals surface area contributed by atoms with Crippen molar-refractivity contribution in [2.75, 3.05) is 28.6 Å². The standard InChI is InChI=1S/C19H19ClN2O3S.C3H4N2S/c20-16-5-1-3-13-4-2-11-22(18(13)16)17-10-12-21(19(17)23)14-6-8-15(9-7-14)26(24)25;4-3-5-1-2-6-3/h1,3,5-9,17H,2,4,10-12H2,(H,24,25);1-2H,(H2,4,5)/p-1/t17-;/m0./s1. The second-order valence-corrected chi connectivity index (χ2v) is 9.71. The van der Waals surface area contributed by atoms with E-state index in [1.165, 1.54) is 29.0 Å². The molecular weight excluding hydrogens is 468 g/mol. The van der Waals surface area contributed by atoms with Crippen LogP contribution in [0.15, 0.2) is 58.9 Å². The SMILES string of the molecule is Nc1nccs1.O=C1[C@@H](N2CCCc3cccc(Cl)c32)CCN1c1ccc(S(=O)[O-])cc1. The number of carbonyl (C=O) groups excluding carboxylic acids is 1. The van der Waals surface area contributed by atoms with Gasteiger partial charge in [-0.3, -0.25) is 9.00 Å². The van der Waals surface area contributed by atoms with Crippen LogP contribution in [-0.2, 0) is 22.3 Å². The molecule has 1 fully saturated rings. The van der Waals surface area contributed by atoms with Gasteiger partial charge in [0.25, 0.3) is 0 Å². The van der Waals surface area contributed by atoms with Crippen LogP contribution in [0.4, 0.5) is 16.5 Å². The predicted octanol–water partition coefficient (Wildman–Crippen LogP) is 3.86. The van der Waals surface area contributed by atoms with Crippen LogP contribution in [0.1, 0.15) is 18.4 Å². The van der Waals surface area contributed by atoms with Crippen molar-refractivity contribution >= 4 is 56.4 Å². The fourth-order valence-corrected chi connectivity index (χ4v) is 5.17. The van der Waals surface area contributed by atoms with Crippen LogP contribution in [0.5, 0.6) is 0 Å². The molecule has 2 aromatic carbocycles. The topological polar surface area (TPSA) is 103 Å². The van der Waals surface area contributed by atoms with Crippen LogP contribution in [0.2, 0.25) is 5.02 Å². The van der Waals surface area contributed by atoms with Gasteiger partial charge in [0.15, 0.2) is 5.13 Å². The van der Waals surface area contributed by atoms with E-state index in [1.807, 2.05) is 17.5 Å². The number of rotatable bonds is 3. The molecule has 2 atom stereocenters. The number of benzene rings is 2. The van der Waals surface area contributed by atoms with Gasteiger partial charge in [-0.05, 0) is 66.2 Å². The van der Waals surface area contributed by atoms with E-state index < -0.39 is 11.1 Å². The predicted molar refractivity (Wildman–Crippen MR) is 128 cm³/mol. The van der Waals surface area contributed by atoms with Crippen molar-refractivity contribution in [2.24, 2.45) is 0 Å². The van der Waals surface area contributed by atoms with Crippen LogP contribution < -0.4 is 15.5 Å². The highest BCUT2D eigenvalue weighted by Crippen LogP contribution is 2.38. The zero-order chi connectivity index (χ0) is 22.7. The average molecular weight is 490 g/mol. The third-order valence-electron chi connectivity index (χ3n) is 5.55. The molecule has 0 aliphatic carbocycles. The molecule has 1 unspecified atom stereocenters. The summed E-state index contributed by atoms with van der Waals surface area (Å²) in [4.78, 5) is 20.9. The summed E-state index contributed by atoms with van der Waals surface area (Å²) >= 11 is 5.62. The van der Waals surface area contributed by atoms with Crippen molar-refractivity contribution < 1.29 is 13.6 Å². The van der Waals surface area contributed by atoms with Gasteiger partial charge in [0.05, 0.1) is 10.7 Å². The van der Waals surface area contributed by atoms with E-state index in [-0.39, 0.29) is 16.8 Å². The molecule has 2 aliphatic heterocycles. The van der Waals surface area contributed by atoms with Gasteiger partial charge in [-0.25, -0.2) is 4.98 Å². The van der Waals surface area contributed by atoms with Crippen molar-refractivity contribution in [3.05, 3.63) is 64.6 Å². The smallest absolute Gasteiger partial charge is 0.249 e. The molecule has 1 amide bonds. The molecule has 3 heterocycles. The lowest BCUT2D eigenvalue weighted by Crippen LogP contribution is -2.44. The molecule has 10 heteroatoms. The highest BCUT2D eigenvalue weighted by atomic mass is 35.5. The Morgan fingerprint density at radius 3 is 2.59 bits per heavy atom. The minimum Gasteiger partial charge on any atom is -0.768 e. The Kier molecular flexibility index (Phi) is 7.10. The number of nitrogens with zero attached hydrogens (tertiary/aromatic N) is 3. The van der Waals surface area contributed by atoms with Crippen molar-refractivity contribution in [1.82, 2.24) is 4.98 Å². The molecule has 32 heavy (non-hydrogen) atoms. The van der Waals surface area contributed by atoms with Crippen molar-refractivity contribution in [2.45, 2.75) is 30.2 Å². The van der Waals surface area contributed by atoms with E-state index in [2.05, 4.69) is 16.0 Å². The first-order valence-corrected chi connectivity index (χ1v) is 12.5. The van der Waals surface area contributed by atoms with Gasteiger partial charge in [-0.2, -0.15) is 0 Å². The molecule has 0 saturated carbocycles. The maximum atomic E-state index is 13.1. The summed E-state index contributed by atoms with van der Waals surface area (Å²) in [5.41, 5.74) is 8.09. The molecule has 3 aromatic rings. The summed E-state index contributed by atoms with van der Waals surface area (Å²) in [6.07, 6.45) is 4.38. The number of para-hydroxylation sites is 1. The highest BCUT2D eigenvalue weighted by molar-refractivity contribution is 7.79. The lowest BCUT2D eigenvalue weighted by Gasteiger charge is -2.36. The van der Waals surface area contributed by atoms with Crippen LogP contribution >= 0.6 is 22.9 Å². The molecule has 1 saturated heterocycles. The maximum absolute atomic E-state index is 13.1. The van der Waals surface area contributed by atoms with E-state index in [4.69, 9.17) is 17.3 Å². The number of nitrogen functional groups attached to an aromatic ring is 1. The van der Waals surface area contributed by atoms with Gasteiger partial charge < -0.3 is 20.1 Å². The first kappa shape index (κ1) is 22.7. The monoisotopic (exact) mass is 489 g/mol. The largest absolute Gasteiger partial charge is 0.768 e. The van der Waals surface area contributed by atoms with E-state index in [0.29, 0.717) is 16.7 Å². The number of fused-ring (bicyclic) bond motifs is 1. The van der Waals surface area contributed by atoms with Crippen LogP contribution in [0, 0.1) is 0 Å². The Morgan fingerprint density at radius 2 is 1.97 bits per heavy atom. The number of amides is 1. The maximum Gasteiger partial charge on any atom is 0.249 e. The first-order chi connectivity index (χ1) is 15.5. The van der Waals surface area contributed by atoms with Crippen LogP contribution in [-0.4, -0.2) is 38.8 Å². The lowest BCUT2D eigenvalue weighted by molar-refractivity contribution is -0.118. The second kappa shape index (κ2) is 9.99. The number of halogens is 1. The third kappa shape index (κ3) is 4.80. The summed E-state index contributed by atoms with van der Waals surface area (Å²) in [6, 6.07) is 12.1. The summed E-state index contributed by atoms with van der Waals surface area (Å²) < 4.78 is 22.0. The lowest BCUT2D eigenvalue weighted by atomic mass is 9.99. The van der Waals surface area contributed by atoms with Gasteiger partial charge in [0.2, 0.25) is 5.91 Å². The fraction of sp³-hybridized carbons (Fsp3) is 0.273. The summed E-state index contributed by atoms with van der Waals surface area (Å²) in [5.74, 6) is 0.0359. The number of aromatic nitrogens is 1. The third-order valence-corrected chi connectivity index (χ3v) is 7.12. The summed E-state index contributed by atoms with van der Waals surface area (Å²) in [6.45, 7) is 1.43. The van der Waals surface area contributed by atoms with Crippen LogP contribution in [0.3, 0.4) is 0 Å². The van der Waals surface area contributed by atoms with E-state index in [1.54, 1.807) is 23.2 Å². The molecular formula is C22H22ClN4O3S2-. The second-order valence-electron chi connectivity index (χ2n) is 7.44. The Hall–Kier alpha value is -2.46. The van der Waals surface area contributed by atoms with Crippen molar-refractivity contribution in [3.63, 3.8) is 0 Å². The van der Waals surface area contributed by atoms with Gasteiger partial charge in [-0.15, -0.1) is 11.3 Å². The number of aryl methyl sites for hydroxylation is 1. The molecule has 0 spiro atoms. The minimum atomic E-state index is -2.26. The number of thiazole rings is 1. The molecule has 1 aromatic heterocycles. The Labute approximate surface area is 198 Å². The Morgan fingerprint density at radius 1 is 1.19 bits per heavy atom. The zero-order valence-electron chi connectivity index (χ0n) is 17.1. The molecule has 2 N–H and O–H groups in total. The molecule has 5 rings (SSSR count). The van der Waals surface area contributed by atoms with E-state index >= 15 is 0 Å². The van der Waals surface area contributed by atoms with E-state index in [9.17, 15) is 13.6 Å². The normalized spacial score (nSPS) is 18.7. The number of nitrogens with two attached hydrogens (primary N) is 1. The molecule has 0 radical (unpaired) electrons. The number of hydrogen-bond donors (Lipinski definition) is 1. The number of hydrogen-bond acceptors (Lipinski definition) is 7. The molecule has 168 valence electrons. The molecule has 2 aliphatic rings. The highest BCUT2D eigenvalue weighted by Gasteiger charge is 2.38. The average Bonchev–Trinajstić information content (AvgIpc) is 3.42.